The van der Waals surface area contributed by atoms with Crippen molar-refractivity contribution in [2.24, 2.45) is 0 Å². The van der Waals surface area contributed by atoms with E-state index in [1.807, 2.05) is 30.3 Å². The Bertz CT molecular complexity index is 705. The predicted molar refractivity (Wildman–Crippen MR) is 82.3 cm³/mol. The molecule has 0 atom stereocenters. The Morgan fingerprint density at radius 3 is 2.30 bits per heavy atom. The monoisotopic (exact) mass is 260 g/mol. The van der Waals surface area contributed by atoms with Gasteiger partial charge < -0.3 is 0 Å². The number of aromatic nitrogens is 2. The molecule has 0 saturated heterocycles. The average Bonchev–Trinajstić information content (AvgIpc) is 2.56. The molecular formula is C18H16N2. The molecule has 0 fully saturated rings. The lowest BCUT2D eigenvalue weighted by Crippen LogP contribution is -1.92. The van der Waals surface area contributed by atoms with Crippen LogP contribution in [0.4, 0.5) is 0 Å². The van der Waals surface area contributed by atoms with E-state index in [1.165, 1.54) is 11.1 Å². The van der Waals surface area contributed by atoms with Gasteiger partial charge in [0, 0.05) is 11.8 Å². The van der Waals surface area contributed by atoms with Crippen molar-refractivity contribution in [3.63, 3.8) is 0 Å². The third-order valence-electron chi connectivity index (χ3n) is 3.35. The van der Waals surface area contributed by atoms with E-state index in [2.05, 4.69) is 42.2 Å². The minimum Gasteiger partial charge on any atom is -0.255 e. The lowest BCUT2D eigenvalue weighted by Gasteiger charge is -2.08. The van der Waals surface area contributed by atoms with E-state index in [0.29, 0.717) is 0 Å². The van der Waals surface area contributed by atoms with Gasteiger partial charge >= 0.3 is 0 Å². The quantitative estimate of drug-likeness (QED) is 0.698. The predicted octanol–water partition coefficient (Wildman–Crippen LogP) is 4.37. The van der Waals surface area contributed by atoms with Crippen molar-refractivity contribution in [3.05, 3.63) is 72.4 Å². The first-order valence-corrected chi connectivity index (χ1v) is 6.85. The minimum atomic E-state index is 0.906. The van der Waals surface area contributed by atoms with Gasteiger partial charge in [0.25, 0.3) is 0 Å². The van der Waals surface area contributed by atoms with Crippen LogP contribution in [-0.4, -0.2) is 9.97 Å². The average molecular weight is 260 g/mol. The standard InChI is InChI=1S/C18H16N2/c1-2-14-8-3-4-9-15(14)16-11-7-12-18(20-16)17-10-5-6-13-19-17/h3-13H,2H2,1H3. The molecule has 2 heterocycles. The maximum Gasteiger partial charge on any atom is 0.0893 e. The van der Waals surface area contributed by atoms with Crippen LogP contribution >= 0.6 is 0 Å². The number of benzene rings is 1. The SMILES string of the molecule is CCc1ccccc1-c1cccc(-c2ccccn2)n1. The summed E-state index contributed by atoms with van der Waals surface area (Å²) in [5.74, 6) is 0. The Morgan fingerprint density at radius 2 is 1.50 bits per heavy atom. The molecular weight excluding hydrogens is 244 g/mol. The van der Waals surface area contributed by atoms with Gasteiger partial charge in [-0.25, -0.2) is 4.98 Å². The number of nitrogens with zero attached hydrogens (tertiary/aromatic N) is 2. The second kappa shape index (κ2) is 5.66. The van der Waals surface area contributed by atoms with E-state index >= 15 is 0 Å². The molecule has 3 rings (SSSR count). The molecule has 2 nitrogen and oxygen atoms in total. The van der Waals surface area contributed by atoms with Gasteiger partial charge in [-0.15, -0.1) is 0 Å². The van der Waals surface area contributed by atoms with Crippen LogP contribution in [0.5, 0.6) is 0 Å². The molecule has 2 heteroatoms. The first kappa shape index (κ1) is 12.5. The van der Waals surface area contributed by atoms with Gasteiger partial charge in [-0.2, -0.15) is 0 Å². The van der Waals surface area contributed by atoms with Crippen LogP contribution in [0.2, 0.25) is 0 Å². The smallest absolute Gasteiger partial charge is 0.0893 e. The van der Waals surface area contributed by atoms with Crippen LogP contribution in [0.15, 0.2) is 66.9 Å². The van der Waals surface area contributed by atoms with Crippen LogP contribution in [0.3, 0.4) is 0 Å². The Balaban J connectivity index is 2.08. The summed E-state index contributed by atoms with van der Waals surface area (Å²) in [5, 5.41) is 0. The number of hydrogen-bond acceptors (Lipinski definition) is 2. The van der Waals surface area contributed by atoms with Crippen molar-refractivity contribution in [1.29, 1.82) is 0 Å². The zero-order valence-electron chi connectivity index (χ0n) is 11.5. The number of rotatable bonds is 3. The van der Waals surface area contributed by atoms with Gasteiger partial charge in [0.1, 0.15) is 0 Å². The Kier molecular flexibility index (Phi) is 3.55. The van der Waals surface area contributed by atoms with Crippen LogP contribution in [-0.2, 0) is 6.42 Å². The number of hydrogen-bond donors (Lipinski definition) is 0. The number of pyridine rings is 2. The van der Waals surface area contributed by atoms with Crippen LogP contribution in [0.25, 0.3) is 22.6 Å². The highest BCUT2D eigenvalue weighted by molar-refractivity contribution is 5.67. The van der Waals surface area contributed by atoms with E-state index in [9.17, 15) is 0 Å². The molecule has 0 aliphatic rings. The molecule has 0 unspecified atom stereocenters. The highest BCUT2D eigenvalue weighted by atomic mass is 14.8. The van der Waals surface area contributed by atoms with Gasteiger partial charge in [-0.1, -0.05) is 43.3 Å². The van der Waals surface area contributed by atoms with Crippen LogP contribution in [0, 0.1) is 0 Å². The molecule has 0 saturated carbocycles. The summed E-state index contributed by atoms with van der Waals surface area (Å²) in [6, 6.07) is 20.4. The third-order valence-corrected chi connectivity index (χ3v) is 3.35. The van der Waals surface area contributed by atoms with Crippen LogP contribution in [0.1, 0.15) is 12.5 Å². The highest BCUT2D eigenvalue weighted by Gasteiger charge is 2.06. The first-order valence-electron chi connectivity index (χ1n) is 6.85. The molecule has 3 aromatic rings. The summed E-state index contributed by atoms with van der Waals surface area (Å²) in [6.07, 6.45) is 2.80. The Morgan fingerprint density at radius 1 is 0.750 bits per heavy atom. The lowest BCUT2D eigenvalue weighted by atomic mass is 10.0. The lowest BCUT2D eigenvalue weighted by molar-refractivity contribution is 1.13. The molecule has 1 aromatic carbocycles. The van der Waals surface area contributed by atoms with Crippen molar-refractivity contribution in [3.8, 4) is 22.6 Å². The fraction of sp³-hybridized carbons (Fsp3) is 0.111. The molecule has 0 aliphatic carbocycles. The summed E-state index contributed by atoms with van der Waals surface area (Å²) in [7, 11) is 0. The molecule has 98 valence electrons. The van der Waals surface area contributed by atoms with Crippen molar-refractivity contribution in [2.45, 2.75) is 13.3 Å². The first-order chi connectivity index (χ1) is 9.88. The van der Waals surface area contributed by atoms with Gasteiger partial charge in [0.15, 0.2) is 0 Å². The molecule has 0 N–H and O–H groups in total. The van der Waals surface area contributed by atoms with Crippen molar-refractivity contribution >= 4 is 0 Å². The van der Waals surface area contributed by atoms with Gasteiger partial charge in [-0.3, -0.25) is 4.98 Å². The minimum absolute atomic E-state index is 0.906. The maximum absolute atomic E-state index is 4.76. The van der Waals surface area contributed by atoms with E-state index in [4.69, 9.17) is 4.98 Å². The summed E-state index contributed by atoms with van der Waals surface area (Å²) >= 11 is 0. The molecule has 0 radical (unpaired) electrons. The molecule has 2 aromatic heterocycles. The highest BCUT2D eigenvalue weighted by Crippen LogP contribution is 2.24. The zero-order chi connectivity index (χ0) is 13.8. The van der Waals surface area contributed by atoms with E-state index in [1.54, 1.807) is 6.20 Å². The van der Waals surface area contributed by atoms with E-state index < -0.39 is 0 Å². The van der Waals surface area contributed by atoms with Gasteiger partial charge in [0.2, 0.25) is 0 Å². The zero-order valence-corrected chi connectivity index (χ0v) is 11.5. The Hall–Kier alpha value is -2.48. The van der Waals surface area contributed by atoms with E-state index in [0.717, 1.165) is 23.5 Å². The van der Waals surface area contributed by atoms with Gasteiger partial charge in [-0.05, 0) is 36.2 Å². The molecule has 0 spiro atoms. The Labute approximate surface area is 119 Å². The van der Waals surface area contributed by atoms with E-state index in [-0.39, 0.29) is 0 Å². The number of aryl methyl sites for hydroxylation is 1. The van der Waals surface area contributed by atoms with Gasteiger partial charge in [0.05, 0.1) is 17.1 Å². The second-order valence-electron chi connectivity index (χ2n) is 4.63. The van der Waals surface area contributed by atoms with Crippen LogP contribution < -0.4 is 0 Å². The van der Waals surface area contributed by atoms with Crippen molar-refractivity contribution in [2.75, 3.05) is 0 Å². The fourth-order valence-electron chi connectivity index (χ4n) is 2.32. The van der Waals surface area contributed by atoms with Crippen molar-refractivity contribution in [1.82, 2.24) is 9.97 Å². The second-order valence-corrected chi connectivity index (χ2v) is 4.63. The normalized spacial score (nSPS) is 10.4. The summed E-state index contributed by atoms with van der Waals surface area (Å²) in [5.41, 5.74) is 5.34. The molecule has 20 heavy (non-hydrogen) atoms. The third kappa shape index (κ3) is 2.45. The fourth-order valence-corrected chi connectivity index (χ4v) is 2.32. The summed E-state index contributed by atoms with van der Waals surface area (Å²) in [4.78, 5) is 9.12. The molecule has 0 amide bonds. The molecule has 0 bridgehead atoms. The maximum atomic E-state index is 4.76. The molecule has 0 aliphatic heterocycles. The topological polar surface area (TPSA) is 25.8 Å². The summed E-state index contributed by atoms with van der Waals surface area (Å²) in [6.45, 7) is 2.17. The largest absolute Gasteiger partial charge is 0.255 e. The summed E-state index contributed by atoms with van der Waals surface area (Å²) < 4.78 is 0. The van der Waals surface area contributed by atoms with Crippen molar-refractivity contribution < 1.29 is 0 Å².